The Balaban J connectivity index is 1.34. The van der Waals surface area contributed by atoms with Crippen LogP contribution in [0.2, 0.25) is 5.02 Å². The first-order valence-corrected chi connectivity index (χ1v) is 13.5. The van der Waals surface area contributed by atoms with Gasteiger partial charge in [-0.05, 0) is 54.8 Å². The van der Waals surface area contributed by atoms with Crippen LogP contribution in [-0.2, 0) is 9.59 Å². The summed E-state index contributed by atoms with van der Waals surface area (Å²) in [5.41, 5.74) is 5.66. The first-order chi connectivity index (χ1) is 18.3. The van der Waals surface area contributed by atoms with Crippen LogP contribution in [0.25, 0.3) is 0 Å². The Kier molecular flexibility index (Phi) is 7.53. The number of nitrogens with zero attached hydrogens (tertiary/aromatic N) is 3. The van der Waals surface area contributed by atoms with E-state index in [2.05, 4.69) is 34.6 Å². The monoisotopic (exact) mass is 546 g/mol. The van der Waals surface area contributed by atoms with Gasteiger partial charge in [-0.2, -0.15) is 10.1 Å². The zero-order valence-electron chi connectivity index (χ0n) is 21.3. The molecule has 3 aromatic rings. The second-order valence-electron chi connectivity index (χ2n) is 9.31. The molecule has 2 aliphatic rings. The summed E-state index contributed by atoms with van der Waals surface area (Å²) in [5.74, 6) is 0.153. The second kappa shape index (κ2) is 11.0. The lowest BCUT2D eigenvalue weighted by atomic mass is 9.98. The molecule has 7 nitrogen and oxygen atoms in total. The number of thioether (sulfide) groups is 1. The molecule has 0 radical (unpaired) electrons. The van der Waals surface area contributed by atoms with E-state index in [1.807, 2.05) is 49.2 Å². The van der Waals surface area contributed by atoms with Gasteiger partial charge in [-0.15, -0.1) is 0 Å². The Morgan fingerprint density at radius 2 is 1.84 bits per heavy atom. The van der Waals surface area contributed by atoms with Crippen LogP contribution in [0.3, 0.4) is 0 Å². The molecule has 194 valence electrons. The van der Waals surface area contributed by atoms with Gasteiger partial charge in [0, 0.05) is 23.6 Å². The number of carbonyl (C=O) groups is 2. The fourth-order valence-corrected chi connectivity index (χ4v) is 5.59. The normalized spacial score (nSPS) is 18.8. The Morgan fingerprint density at radius 1 is 1.11 bits per heavy atom. The molecule has 2 aliphatic heterocycles. The molecule has 2 atom stereocenters. The number of methoxy groups -OCH3 is 1. The molecule has 38 heavy (non-hydrogen) atoms. The zero-order valence-corrected chi connectivity index (χ0v) is 22.8. The Labute approximate surface area is 230 Å². The molecule has 0 aliphatic carbocycles. The van der Waals surface area contributed by atoms with Gasteiger partial charge in [-0.1, -0.05) is 71.4 Å². The van der Waals surface area contributed by atoms with E-state index >= 15 is 0 Å². The summed E-state index contributed by atoms with van der Waals surface area (Å²) in [4.78, 5) is 29.9. The third-order valence-corrected chi connectivity index (χ3v) is 8.10. The Morgan fingerprint density at radius 3 is 2.53 bits per heavy atom. The molecular weight excluding hydrogens is 520 g/mol. The lowest BCUT2D eigenvalue weighted by molar-refractivity contribution is -0.121. The molecule has 9 heteroatoms. The van der Waals surface area contributed by atoms with E-state index in [0.29, 0.717) is 22.3 Å². The summed E-state index contributed by atoms with van der Waals surface area (Å²) in [6, 6.07) is 21.3. The van der Waals surface area contributed by atoms with Crippen molar-refractivity contribution in [2.45, 2.75) is 38.0 Å². The van der Waals surface area contributed by atoms with Gasteiger partial charge in [0.1, 0.15) is 11.0 Å². The van der Waals surface area contributed by atoms with Crippen molar-refractivity contribution in [2.24, 2.45) is 10.1 Å². The average molecular weight is 547 g/mol. The zero-order chi connectivity index (χ0) is 26.8. The number of hydrazone groups is 1. The fraction of sp³-hybridized carbons (Fsp3) is 0.241. The first-order valence-electron chi connectivity index (χ1n) is 12.2. The Bertz CT molecular complexity index is 1440. The standard InChI is InChI=1S/C29H27ClN4O3S/c1-17-4-7-19(8-5-17)24-15-25(20-9-12-22(37-3)13-10-20)34(33-24)29-32-28(36)26(38-29)16-27(35)31-21-11-6-18(2)23(30)14-21/h4-14,25-26H,15-16H2,1-3H3,(H,31,35)/t25-,26+/m1/s1. The van der Waals surface area contributed by atoms with Crippen LogP contribution < -0.4 is 10.1 Å². The minimum absolute atomic E-state index is 0.00241. The van der Waals surface area contributed by atoms with Crippen molar-refractivity contribution in [1.29, 1.82) is 0 Å². The molecule has 2 amide bonds. The molecule has 0 unspecified atom stereocenters. The van der Waals surface area contributed by atoms with E-state index in [4.69, 9.17) is 21.4 Å². The van der Waals surface area contributed by atoms with Crippen LogP contribution in [0.15, 0.2) is 76.8 Å². The number of halogens is 1. The van der Waals surface area contributed by atoms with E-state index in [1.54, 1.807) is 19.2 Å². The summed E-state index contributed by atoms with van der Waals surface area (Å²) in [7, 11) is 1.63. The smallest absolute Gasteiger partial charge is 0.262 e. The van der Waals surface area contributed by atoms with Crippen molar-refractivity contribution in [3.8, 4) is 5.75 Å². The number of amides is 2. The lowest BCUT2D eigenvalue weighted by Gasteiger charge is -2.23. The summed E-state index contributed by atoms with van der Waals surface area (Å²) in [6.07, 6.45) is 0.653. The van der Waals surface area contributed by atoms with Gasteiger partial charge in [0.05, 0.1) is 18.9 Å². The minimum atomic E-state index is -0.624. The van der Waals surface area contributed by atoms with E-state index < -0.39 is 5.25 Å². The van der Waals surface area contributed by atoms with Gasteiger partial charge in [0.25, 0.3) is 5.91 Å². The first kappa shape index (κ1) is 26.0. The molecule has 0 bridgehead atoms. The van der Waals surface area contributed by atoms with Crippen LogP contribution in [0, 0.1) is 13.8 Å². The fourth-order valence-electron chi connectivity index (χ4n) is 4.35. The number of benzene rings is 3. The number of hydrogen-bond acceptors (Lipinski definition) is 6. The molecule has 0 spiro atoms. The number of rotatable bonds is 6. The van der Waals surface area contributed by atoms with Crippen LogP contribution in [0.5, 0.6) is 5.75 Å². The maximum Gasteiger partial charge on any atom is 0.262 e. The molecular formula is C29H27ClN4O3S. The van der Waals surface area contributed by atoms with Crippen molar-refractivity contribution in [2.75, 3.05) is 12.4 Å². The Hall–Kier alpha value is -3.62. The number of ether oxygens (including phenoxy) is 1. The highest BCUT2D eigenvalue weighted by Gasteiger charge is 2.39. The van der Waals surface area contributed by atoms with Gasteiger partial charge >= 0.3 is 0 Å². The van der Waals surface area contributed by atoms with Crippen molar-refractivity contribution in [3.63, 3.8) is 0 Å². The number of hydrogen-bond donors (Lipinski definition) is 1. The number of nitrogens with one attached hydrogen (secondary N) is 1. The topological polar surface area (TPSA) is 83.4 Å². The van der Waals surface area contributed by atoms with Crippen molar-refractivity contribution < 1.29 is 14.3 Å². The predicted molar refractivity (Wildman–Crippen MR) is 153 cm³/mol. The van der Waals surface area contributed by atoms with Crippen LogP contribution in [-0.4, -0.2) is 40.1 Å². The third-order valence-electron chi connectivity index (χ3n) is 6.55. The molecule has 3 aromatic carbocycles. The molecule has 2 heterocycles. The van der Waals surface area contributed by atoms with E-state index in [-0.39, 0.29) is 24.3 Å². The number of aryl methyl sites for hydroxylation is 2. The second-order valence-corrected chi connectivity index (χ2v) is 10.9. The van der Waals surface area contributed by atoms with Gasteiger partial charge in [0.15, 0.2) is 5.17 Å². The van der Waals surface area contributed by atoms with Crippen LogP contribution in [0.4, 0.5) is 5.69 Å². The van der Waals surface area contributed by atoms with Crippen LogP contribution in [0.1, 0.15) is 41.1 Å². The quantitative estimate of drug-likeness (QED) is 0.401. The lowest BCUT2D eigenvalue weighted by Crippen LogP contribution is -2.25. The summed E-state index contributed by atoms with van der Waals surface area (Å²) in [6.45, 7) is 3.94. The SMILES string of the molecule is COc1ccc([C@H]2CC(c3ccc(C)cc3)=NN2C2=NC(=O)[C@H](CC(=O)Nc3ccc(C)c(Cl)c3)S2)cc1. The minimum Gasteiger partial charge on any atom is -0.497 e. The molecule has 1 N–H and O–H groups in total. The maximum atomic E-state index is 12.8. The highest BCUT2D eigenvalue weighted by molar-refractivity contribution is 8.15. The summed E-state index contributed by atoms with van der Waals surface area (Å²) >= 11 is 7.45. The number of carbonyl (C=O) groups excluding carboxylic acids is 2. The predicted octanol–water partition coefficient (Wildman–Crippen LogP) is 6.14. The number of aliphatic imine (C=N–C) groups is 1. The number of anilines is 1. The maximum absolute atomic E-state index is 12.8. The van der Waals surface area contributed by atoms with Gasteiger partial charge < -0.3 is 10.1 Å². The van der Waals surface area contributed by atoms with Crippen molar-refractivity contribution >= 4 is 51.7 Å². The third kappa shape index (κ3) is 5.61. The molecule has 0 saturated heterocycles. The summed E-state index contributed by atoms with van der Waals surface area (Å²) < 4.78 is 5.32. The van der Waals surface area contributed by atoms with Crippen molar-refractivity contribution in [3.05, 3.63) is 94.0 Å². The van der Waals surface area contributed by atoms with Crippen molar-refractivity contribution in [1.82, 2.24) is 5.01 Å². The average Bonchev–Trinajstić information content (AvgIpc) is 3.50. The number of amidine groups is 1. The van der Waals surface area contributed by atoms with Gasteiger partial charge in [-0.3, -0.25) is 9.59 Å². The van der Waals surface area contributed by atoms with Gasteiger partial charge in [0.2, 0.25) is 5.91 Å². The molecule has 0 aromatic heterocycles. The molecule has 0 saturated carbocycles. The largest absolute Gasteiger partial charge is 0.497 e. The van der Waals surface area contributed by atoms with Crippen LogP contribution >= 0.6 is 23.4 Å². The van der Waals surface area contributed by atoms with E-state index in [1.165, 1.54) is 17.3 Å². The molecule has 5 rings (SSSR count). The molecule has 0 fully saturated rings. The van der Waals surface area contributed by atoms with E-state index in [9.17, 15) is 9.59 Å². The summed E-state index contributed by atoms with van der Waals surface area (Å²) in [5, 5.41) is 9.99. The highest BCUT2D eigenvalue weighted by atomic mass is 35.5. The van der Waals surface area contributed by atoms with E-state index in [0.717, 1.165) is 28.2 Å². The van der Waals surface area contributed by atoms with Gasteiger partial charge in [-0.25, -0.2) is 5.01 Å². The highest BCUT2D eigenvalue weighted by Crippen LogP contribution is 2.39.